The summed E-state index contributed by atoms with van der Waals surface area (Å²) in [7, 11) is 2.20. The number of hydrogen-bond acceptors (Lipinski definition) is 2. The Kier molecular flexibility index (Phi) is 2.69. The van der Waals surface area contributed by atoms with Gasteiger partial charge in [0.2, 0.25) is 0 Å². The molecule has 1 aliphatic rings. The van der Waals surface area contributed by atoms with E-state index in [9.17, 15) is 0 Å². The molecule has 1 fully saturated rings. The van der Waals surface area contributed by atoms with Crippen LogP contribution in [0.3, 0.4) is 0 Å². The standard InChI is InChI=1S/C8H18N2/c1-7(2)10(3)6-8-4-9-5-8/h7-9H,4-6H2,1-3H3. The maximum absolute atomic E-state index is 3.28. The van der Waals surface area contributed by atoms with Crippen molar-refractivity contribution in [1.82, 2.24) is 10.2 Å². The second-order valence-corrected chi connectivity index (χ2v) is 3.56. The molecule has 1 heterocycles. The van der Waals surface area contributed by atoms with E-state index in [1.54, 1.807) is 0 Å². The van der Waals surface area contributed by atoms with Gasteiger partial charge in [-0.3, -0.25) is 0 Å². The number of rotatable bonds is 3. The molecule has 0 atom stereocenters. The summed E-state index contributed by atoms with van der Waals surface area (Å²) in [5, 5.41) is 3.28. The van der Waals surface area contributed by atoms with E-state index in [0.29, 0.717) is 6.04 Å². The first-order valence-electron chi connectivity index (χ1n) is 4.11. The normalized spacial score (nSPS) is 20.1. The summed E-state index contributed by atoms with van der Waals surface area (Å²) in [4.78, 5) is 2.41. The number of nitrogens with zero attached hydrogens (tertiary/aromatic N) is 1. The molecule has 0 aromatic rings. The van der Waals surface area contributed by atoms with Crippen LogP contribution in [0.4, 0.5) is 0 Å². The van der Waals surface area contributed by atoms with Gasteiger partial charge < -0.3 is 10.2 Å². The SMILES string of the molecule is CC(C)N(C)CC1CNC1. The van der Waals surface area contributed by atoms with Crippen molar-refractivity contribution in [2.24, 2.45) is 5.92 Å². The molecule has 0 radical (unpaired) electrons. The zero-order valence-corrected chi connectivity index (χ0v) is 7.22. The lowest BCUT2D eigenvalue weighted by Gasteiger charge is -2.32. The largest absolute Gasteiger partial charge is 0.316 e. The van der Waals surface area contributed by atoms with Gasteiger partial charge in [-0.2, -0.15) is 0 Å². The minimum absolute atomic E-state index is 0.695. The summed E-state index contributed by atoms with van der Waals surface area (Å²) in [5.41, 5.74) is 0. The Bertz CT molecular complexity index is 97.4. The molecule has 60 valence electrons. The van der Waals surface area contributed by atoms with E-state index in [4.69, 9.17) is 0 Å². The van der Waals surface area contributed by atoms with Gasteiger partial charge in [-0.05, 0) is 26.8 Å². The van der Waals surface area contributed by atoms with Gasteiger partial charge in [0.25, 0.3) is 0 Å². The van der Waals surface area contributed by atoms with Gasteiger partial charge in [0.05, 0.1) is 0 Å². The van der Waals surface area contributed by atoms with Crippen molar-refractivity contribution in [3.63, 3.8) is 0 Å². The first kappa shape index (κ1) is 8.02. The lowest BCUT2D eigenvalue weighted by Crippen LogP contribution is -2.48. The fraction of sp³-hybridized carbons (Fsp3) is 1.00. The van der Waals surface area contributed by atoms with Gasteiger partial charge in [-0.15, -0.1) is 0 Å². The quantitative estimate of drug-likeness (QED) is 0.619. The summed E-state index contributed by atoms with van der Waals surface area (Å²) in [6.45, 7) is 8.18. The summed E-state index contributed by atoms with van der Waals surface area (Å²) in [6.07, 6.45) is 0. The first-order valence-corrected chi connectivity index (χ1v) is 4.11. The average molecular weight is 142 g/mol. The maximum Gasteiger partial charge on any atom is 0.00356 e. The molecule has 1 saturated heterocycles. The lowest BCUT2D eigenvalue weighted by molar-refractivity contribution is 0.192. The predicted octanol–water partition coefficient (Wildman–Crippen LogP) is 0.546. The zero-order chi connectivity index (χ0) is 7.56. The van der Waals surface area contributed by atoms with E-state index in [2.05, 4.69) is 31.1 Å². The van der Waals surface area contributed by atoms with Crippen LogP contribution in [0.25, 0.3) is 0 Å². The van der Waals surface area contributed by atoms with Gasteiger partial charge in [-0.25, -0.2) is 0 Å². The summed E-state index contributed by atoms with van der Waals surface area (Å²) < 4.78 is 0. The molecule has 1 rings (SSSR count). The van der Waals surface area contributed by atoms with Crippen LogP contribution in [-0.4, -0.2) is 37.6 Å². The minimum Gasteiger partial charge on any atom is -0.316 e. The molecular formula is C8H18N2. The molecular weight excluding hydrogens is 124 g/mol. The topological polar surface area (TPSA) is 15.3 Å². The van der Waals surface area contributed by atoms with E-state index < -0.39 is 0 Å². The number of nitrogens with one attached hydrogen (secondary N) is 1. The molecule has 0 unspecified atom stereocenters. The Morgan fingerprint density at radius 1 is 1.50 bits per heavy atom. The summed E-state index contributed by atoms with van der Waals surface area (Å²) in [6, 6.07) is 0.695. The van der Waals surface area contributed by atoms with E-state index in [1.807, 2.05) is 0 Å². The predicted molar refractivity (Wildman–Crippen MR) is 44.1 cm³/mol. The van der Waals surface area contributed by atoms with E-state index in [0.717, 1.165) is 5.92 Å². The molecule has 1 N–H and O–H groups in total. The van der Waals surface area contributed by atoms with Crippen molar-refractivity contribution in [3.8, 4) is 0 Å². The highest BCUT2D eigenvalue weighted by molar-refractivity contribution is 4.77. The van der Waals surface area contributed by atoms with Crippen LogP contribution in [0.2, 0.25) is 0 Å². The van der Waals surface area contributed by atoms with E-state index >= 15 is 0 Å². The monoisotopic (exact) mass is 142 g/mol. The molecule has 0 bridgehead atoms. The molecule has 1 aliphatic heterocycles. The van der Waals surface area contributed by atoms with Gasteiger partial charge in [0, 0.05) is 25.7 Å². The van der Waals surface area contributed by atoms with Gasteiger partial charge in [-0.1, -0.05) is 0 Å². The second-order valence-electron chi connectivity index (χ2n) is 3.56. The molecule has 2 heteroatoms. The fourth-order valence-corrected chi connectivity index (χ4v) is 1.10. The highest BCUT2D eigenvalue weighted by atomic mass is 15.1. The van der Waals surface area contributed by atoms with E-state index in [1.165, 1.54) is 19.6 Å². The van der Waals surface area contributed by atoms with Crippen molar-refractivity contribution in [2.45, 2.75) is 19.9 Å². The minimum atomic E-state index is 0.695. The van der Waals surface area contributed by atoms with Crippen LogP contribution >= 0.6 is 0 Å². The van der Waals surface area contributed by atoms with Crippen LogP contribution in [0.5, 0.6) is 0 Å². The molecule has 0 aliphatic carbocycles. The Labute approximate surface area is 63.6 Å². The highest BCUT2D eigenvalue weighted by Crippen LogP contribution is 2.06. The zero-order valence-electron chi connectivity index (χ0n) is 7.22. The smallest absolute Gasteiger partial charge is 0.00356 e. The van der Waals surface area contributed by atoms with Crippen molar-refractivity contribution in [3.05, 3.63) is 0 Å². The highest BCUT2D eigenvalue weighted by Gasteiger charge is 2.18. The van der Waals surface area contributed by atoms with Crippen LogP contribution in [0.1, 0.15) is 13.8 Å². The molecule has 2 nitrogen and oxygen atoms in total. The molecule has 0 aromatic carbocycles. The second kappa shape index (κ2) is 3.35. The average Bonchev–Trinajstić information content (AvgIpc) is 1.77. The van der Waals surface area contributed by atoms with Crippen LogP contribution in [0.15, 0.2) is 0 Å². The van der Waals surface area contributed by atoms with Crippen LogP contribution < -0.4 is 5.32 Å². The Morgan fingerprint density at radius 3 is 2.40 bits per heavy atom. The van der Waals surface area contributed by atoms with Crippen LogP contribution in [-0.2, 0) is 0 Å². The molecule has 0 amide bonds. The van der Waals surface area contributed by atoms with Crippen molar-refractivity contribution < 1.29 is 0 Å². The Balaban J connectivity index is 2.10. The third-order valence-corrected chi connectivity index (χ3v) is 2.29. The Morgan fingerprint density at radius 2 is 2.10 bits per heavy atom. The van der Waals surface area contributed by atoms with Crippen molar-refractivity contribution >= 4 is 0 Å². The van der Waals surface area contributed by atoms with Crippen molar-refractivity contribution in [2.75, 3.05) is 26.7 Å². The van der Waals surface area contributed by atoms with Gasteiger partial charge in [0.1, 0.15) is 0 Å². The van der Waals surface area contributed by atoms with Crippen LogP contribution in [0, 0.1) is 5.92 Å². The number of hydrogen-bond donors (Lipinski definition) is 1. The van der Waals surface area contributed by atoms with Gasteiger partial charge >= 0.3 is 0 Å². The first-order chi connectivity index (χ1) is 4.70. The summed E-state index contributed by atoms with van der Waals surface area (Å²) >= 11 is 0. The molecule has 0 aromatic heterocycles. The molecule has 0 saturated carbocycles. The Hall–Kier alpha value is -0.0800. The third-order valence-electron chi connectivity index (χ3n) is 2.29. The molecule has 0 spiro atoms. The fourth-order valence-electron chi connectivity index (χ4n) is 1.10. The maximum atomic E-state index is 3.28. The molecule has 10 heavy (non-hydrogen) atoms. The van der Waals surface area contributed by atoms with Crippen molar-refractivity contribution in [1.29, 1.82) is 0 Å². The van der Waals surface area contributed by atoms with E-state index in [-0.39, 0.29) is 0 Å². The summed E-state index contributed by atoms with van der Waals surface area (Å²) in [5.74, 6) is 0.910. The lowest BCUT2D eigenvalue weighted by atomic mass is 10.0. The third kappa shape index (κ3) is 1.96. The van der Waals surface area contributed by atoms with Gasteiger partial charge in [0.15, 0.2) is 0 Å².